The number of aromatic nitrogens is 2. The summed E-state index contributed by atoms with van der Waals surface area (Å²) in [7, 11) is 1.86. The average Bonchev–Trinajstić information content (AvgIpc) is 3.13. The molecule has 1 aliphatic rings. The van der Waals surface area contributed by atoms with Gasteiger partial charge in [-0.25, -0.2) is 0 Å². The predicted octanol–water partition coefficient (Wildman–Crippen LogP) is 0.555. The standard InChI is InChI=1S/C11H14N4O/c1-15(7-10(16)8-2-3-8)11-5-4-9(6-12)13-14-11/h4-5,8,10,16H,2-3,7H2,1H3. The first-order valence-corrected chi connectivity index (χ1v) is 5.33. The van der Waals surface area contributed by atoms with Gasteiger partial charge in [0.25, 0.3) is 0 Å². The monoisotopic (exact) mass is 218 g/mol. The maximum atomic E-state index is 9.78. The molecule has 2 rings (SSSR count). The van der Waals surface area contributed by atoms with Crippen LogP contribution in [0, 0.1) is 17.2 Å². The highest BCUT2D eigenvalue weighted by Gasteiger charge is 2.30. The van der Waals surface area contributed by atoms with Crippen LogP contribution < -0.4 is 4.90 Å². The number of anilines is 1. The van der Waals surface area contributed by atoms with Crippen molar-refractivity contribution in [3.05, 3.63) is 17.8 Å². The van der Waals surface area contributed by atoms with Crippen molar-refractivity contribution in [2.75, 3.05) is 18.5 Å². The van der Waals surface area contributed by atoms with Crippen molar-refractivity contribution < 1.29 is 5.11 Å². The number of aliphatic hydroxyl groups is 1. The van der Waals surface area contributed by atoms with Gasteiger partial charge >= 0.3 is 0 Å². The first-order chi connectivity index (χ1) is 7.70. The Morgan fingerprint density at radius 3 is 2.81 bits per heavy atom. The summed E-state index contributed by atoms with van der Waals surface area (Å²) in [5, 5.41) is 26.0. The largest absolute Gasteiger partial charge is 0.391 e. The fraction of sp³-hybridized carbons (Fsp3) is 0.545. The third-order valence-corrected chi connectivity index (χ3v) is 2.78. The summed E-state index contributed by atoms with van der Waals surface area (Å²) < 4.78 is 0. The van der Waals surface area contributed by atoms with Crippen LogP contribution in [-0.4, -0.2) is 35.0 Å². The van der Waals surface area contributed by atoms with Gasteiger partial charge in [0.05, 0.1) is 6.10 Å². The lowest BCUT2D eigenvalue weighted by molar-refractivity contribution is 0.158. The highest BCUT2D eigenvalue weighted by Crippen LogP contribution is 2.33. The van der Waals surface area contributed by atoms with Crippen LogP contribution in [0.3, 0.4) is 0 Å². The fourth-order valence-corrected chi connectivity index (χ4v) is 1.59. The number of aliphatic hydroxyl groups excluding tert-OH is 1. The van der Waals surface area contributed by atoms with E-state index in [1.807, 2.05) is 18.0 Å². The van der Waals surface area contributed by atoms with E-state index < -0.39 is 0 Å². The Bertz CT molecular complexity index is 393. The normalized spacial score (nSPS) is 16.6. The lowest BCUT2D eigenvalue weighted by atomic mass is 10.2. The van der Waals surface area contributed by atoms with Gasteiger partial charge in [0.2, 0.25) is 0 Å². The van der Waals surface area contributed by atoms with Crippen molar-refractivity contribution in [1.29, 1.82) is 5.26 Å². The number of likely N-dealkylation sites (N-methyl/N-ethyl adjacent to an activating group) is 1. The summed E-state index contributed by atoms with van der Waals surface area (Å²) in [6.45, 7) is 0.561. The molecule has 1 N–H and O–H groups in total. The fourth-order valence-electron chi connectivity index (χ4n) is 1.59. The highest BCUT2D eigenvalue weighted by atomic mass is 16.3. The van der Waals surface area contributed by atoms with Gasteiger partial charge in [-0.2, -0.15) is 5.26 Å². The molecule has 1 saturated carbocycles. The Kier molecular flexibility index (Phi) is 3.02. The predicted molar refractivity (Wildman–Crippen MR) is 58.7 cm³/mol. The van der Waals surface area contributed by atoms with Crippen LogP contribution in [0.5, 0.6) is 0 Å². The summed E-state index contributed by atoms with van der Waals surface area (Å²) >= 11 is 0. The molecule has 1 aromatic heterocycles. The minimum atomic E-state index is -0.289. The molecule has 1 heterocycles. The molecule has 1 aliphatic carbocycles. The second kappa shape index (κ2) is 4.45. The summed E-state index contributed by atoms with van der Waals surface area (Å²) in [6.07, 6.45) is 1.95. The zero-order chi connectivity index (χ0) is 11.5. The highest BCUT2D eigenvalue weighted by molar-refractivity contribution is 5.38. The first kappa shape index (κ1) is 10.8. The molecule has 1 aromatic rings. The lowest BCUT2D eigenvalue weighted by Gasteiger charge is -2.20. The first-order valence-electron chi connectivity index (χ1n) is 5.33. The van der Waals surface area contributed by atoms with Gasteiger partial charge in [0.1, 0.15) is 6.07 Å². The Morgan fingerprint density at radius 1 is 1.56 bits per heavy atom. The Labute approximate surface area is 94.3 Å². The molecule has 5 heteroatoms. The second-order valence-corrected chi connectivity index (χ2v) is 4.17. The van der Waals surface area contributed by atoms with Crippen LogP contribution in [0.2, 0.25) is 0 Å². The smallest absolute Gasteiger partial charge is 0.163 e. The molecular weight excluding hydrogens is 204 g/mol. The summed E-state index contributed by atoms with van der Waals surface area (Å²) in [5.41, 5.74) is 0.305. The van der Waals surface area contributed by atoms with E-state index in [4.69, 9.17) is 5.26 Å². The van der Waals surface area contributed by atoms with Crippen molar-refractivity contribution in [2.24, 2.45) is 5.92 Å². The molecule has 16 heavy (non-hydrogen) atoms. The molecule has 0 spiro atoms. The molecule has 0 aliphatic heterocycles. The van der Waals surface area contributed by atoms with Crippen molar-refractivity contribution in [3.8, 4) is 6.07 Å². The van der Waals surface area contributed by atoms with Gasteiger partial charge in [-0.3, -0.25) is 0 Å². The van der Waals surface area contributed by atoms with E-state index in [0.29, 0.717) is 24.0 Å². The molecule has 5 nitrogen and oxygen atoms in total. The zero-order valence-corrected chi connectivity index (χ0v) is 9.17. The van der Waals surface area contributed by atoms with Crippen LogP contribution in [-0.2, 0) is 0 Å². The molecule has 0 radical (unpaired) electrons. The molecule has 1 atom stereocenters. The number of hydrogen-bond donors (Lipinski definition) is 1. The molecule has 84 valence electrons. The van der Waals surface area contributed by atoms with Crippen LogP contribution in [0.25, 0.3) is 0 Å². The average molecular weight is 218 g/mol. The molecule has 1 fully saturated rings. The quantitative estimate of drug-likeness (QED) is 0.799. The lowest BCUT2D eigenvalue weighted by Crippen LogP contribution is -2.31. The summed E-state index contributed by atoms with van der Waals surface area (Å²) in [5.74, 6) is 1.13. The third kappa shape index (κ3) is 2.47. The number of rotatable bonds is 4. The second-order valence-electron chi connectivity index (χ2n) is 4.17. The van der Waals surface area contributed by atoms with E-state index >= 15 is 0 Å². The summed E-state index contributed by atoms with van der Waals surface area (Å²) in [4.78, 5) is 1.86. The van der Waals surface area contributed by atoms with Gasteiger partial charge in [-0.15, -0.1) is 10.2 Å². The van der Waals surface area contributed by atoms with Crippen LogP contribution in [0.1, 0.15) is 18.5 Å². The Morgan fingerprint density at radius 2 is 2.31 bits per heavy atom. The van der Waals surface area contributed by atoms with E-state index in [9.17, 15) is 5.11 Å². The molecule has 0 aromatic carbocycles. The van der Waals surface area contributed by atoms with E-state index in [1.165, 1.54) is 0 Å². The van der Waals surface area contributed by atoms with Gasteiger partial charge in [-0.05, 0) is 30.9 Å². The number of nitriles is 1. The number of hydrogen-bond acceptors (Lipinski definition) is 5. The molecule has 0 bridgehead atoms. The SMILES string of the molecule is CN(CC(O)C1CC1)c1ccc(C#N)nn1. The van der Waals surface area contributed by atoms with Gasteiger partial charge in [-0.1, -0.05) is 0 Å². The minimum absolute atomic E-state index is 0.289. The van der Waals surface area contributed by atoms with E-state index in [0.717, 1.165) is 12.8 Å². The van der Waals surface area contributed by atoms with Crippen LogP contribution in [0.4, 0.5) is 5.82 Å². The van der Waals surface area contributed by atoms with Crippen molar-refractivity contribution in [1.82, 2.24) is 10.2 Å². The third-order valence-electron chi connectivity index (χ3n) is 2.78. The zero-order valence-electron chi connectivity index (χ0n) is 9.17. The Balaban J connectivity index is 1.97. The van der Waals surface area contributed by atoms with Gasteiger partial charge in [0.15, 0.2) is 11.5 Å². The van der Waals surface area contributed by atoms with Crippen molar-refractivity contribution in [2.45, 2.75) is 18.9 Å². The van der Waals surface area contributed by atoms with Gasteiger partial charge in [0, 0.05) is 13.6 Å². The molecule has 0 amide bonds. The van der Waals surface area contributed by atoms with Crippen LogP contribution >= 0.6 is 0 Å². The van der Waals surface area contributed by atoms with Crippen LogP contribution in [0.15, 0.2) is 12.1 Å². The topological polar surface area (TPSA) is 73.0 Å². The number of nitrogens with zero attached hydrogens (tertiary/aromatic N) is 4. The van der Waals surface area contributed by atoms with Crippen molar-refractivity contribution in [3.63, 3.8) is 0 Å². The Hall–Kier alpha value is -1.67. The van der Waals surface area contributed by atoms with E-state index in [-0.39, 0.29) is 6.10 Å². The molecule has 1 unspecified atom stereocenters. The molecular formula is C11H14N4O. The summed E-state index contributed by atoms with van der Waals surface area (Å²) in [6, 6.07) is 5.29. The maximum absolute atomic E-state index is 9.78. The molecule has 0 saturated heterocycles. The van der Waals surface area contributed by atoms with Gasteiger partial charge < -0.3 is 10.0 Å². The van der Waals surface area contributed by atoms with Crippen molar-refractivity contribution >= 4 is 5.82 Å². The van der Waals surface area contributed by atoms with E-state index in [1.54, 1.807) is 12.1 Å². The minimum Gasteiger partial charge on any atom is -0.391 e. The van der Waals surface area contributed by atoms with E-state index in [2.05, 4.69) is 10.2 Å². The maximum Gasteiger partial charge on any atom is 0.163 e.